The smallest absolute Gasteiger partial charge is 0.220 e. The molecule has 1 amide bonds. The van der Waals surface area contributed by atoms with Crippen LogP contribution in [0.1, 0.15) is 24.0 Å². The third-order valence-electron chi connectivity index (χ3n) is 4.06. The zero-order chi connectivity index (χ0) is 15.9. The van der Waals surface area contributed by atoms with Crippen LogP contribution >= 0.6 is 0 Å². The molecule has 1 N–H and O–H groups in total. The highest BCUT2D eigenvalue weighted by molar-refractivity contribution is 5.76. The lowest BCUT2D eigenvalue weighted by Gasteiger charge is -2.31. The van der Waals surface area contributed by atoms with Gasteiger partial charge in [0.15, 0.2) is 0 Å². The van der Waals surface area contributed by atoms with E-state index in [0.717, 1.165) is 23.3 Å². The number of hydrogen-bond donors (Lipinski definition) is 1. The maximum absolute atomic E-state index is 12.1. The van der Waals surface area contributed by atoms with Crippen LogP contribution in [0.25, 0.3) is 0 Å². The molecule has 0 radical (unpaired) electrons. The van der Waals surface area contributed by atoms with E-state index in [1.54, 1.807) is 14.2 Å². The van der Waals surface area contributed by atoms with Gasteiger partial charge in [-0.3, -0.25) is 4.79 Å². The summed E-state index contributed by atoms with van der Waals surface area (Å²) in [7, 11) is 3.33. The standard InChI is InChI=1S/C17H25NO4/c1-12-4-5-13(10-16(12)21-3)6-7-17(19)18-14-11-22-9-8-15(14)20-2/h4-5,10,14-15H,6-9,11H2,1-3H3,(H,18,19)/t14-,15-/m1/s1. The molecule has 5 heteroatoms. The molecule has 122 valence electrons. The number of amides is 1. The van der Waals surface area contributed by atoms with Crippen LogP contribution in [-0.2, 0) is 20.7 Å². The first-order valence-electron chi connectivity index (χ1n) is 7.67. The monoisotopic (exact) mass is 307 g/mol. The van der Waals surface area contributed by atoms with Gasteiger partial charge in [0.05, 0.1) is 25.9 Å². The van der Waals surface area contributed by atoms with E-state index in [-0.39, 0.29) is 18.1 Å². The number of nitrogens with one attached hydrogen (secondary N) is 1. The van der Waals surface area contributed by atoms with E-state index >= 15 is 0 Å². The lowest BCUT2D eigenvalue weighted by atomic mass is 10.0. The molecular weight excluding hydrogens is 282 g/mol. The fourth-order valence-electron chi connectivity index (χ4n) is 2.69. The first-order valence-corrected chi connectivity index (χ1v) is 7.67. The van der Waals surface area contributed by atoms with Gasteiger partial charge in [-0.05, 0) is 37.0 Å². The molecule has 0 aliphatic carbocycles. The van der Waals surface area contributed by atoms with E-state index in [9.17, 15) is 4.79 Å². The van der Waals surface area contributed by atoms with Crippen molar-refractivity contribution in [3.63, 3.8) is 0 Å². The van der Waals surface area contributed by atoms with Crippen LogP contribution in [0.3, 0.4) is 0 Å². The Hall–Kier alpha value is -1.59. The second kappa shape index (κ2) is 8.15. The van der Waals surface area contributed by atoms with Gasteiger partial charge in [-0.15, -0.1) is 0 Å². The minimum Gasteiger partial charge on any atom is -0.496 e. The summed E-state index contributed by atoms with van der Waals surface area (Å²) in [6.45, 7) is 3.21. The Labute approximate surface area is 131 Å². The Morgan fingerprint density at radius 3 is 2.95 bits per heavy atom. The number of carbonyl (C=O) groups is 1. The third kappa shape index (κ3) is 4.45. The molecule has 1 aliphatic rings. The molecule has 5 nitrogen and oxygen atoms in total. The maximum atomic E-state index is 12.1. The van der Waals surface area contributed by atoms with Crippen molar-refractivity contribution in [3.05, 3.63) is 29.3 Å². The van der Waals surface area contributed by atoms with Crippen LogP contribution in [0.5, 0.6) is 5.75 Å². The molecule has 2 rings (SSSR count). The van der Waals surface area contributed by atoms with Crippen LogP contribution in [-0.4, -0.2) is 45.5 Å². The molecular formula is C17H25NO4. The molecule has 1 aromatic rings. The number of carbonyl (C=O) groups excluding carboxylic acids is 1. The number of ether oxygens (including phenoxy) is 3. The van der Waals surface area contributed by atoms with Crippen molar-refractivity contribution in [2.75, 3.05) is 27.4 Å². The van der Waals surface area contributed by atoms with Gasteiger partial charge in [0.2, 0.25) is 5.91 Å². The van der Waals surface area contributed by atoms with Gasteiger partial charge in [-0.25, -0.2) is 0 Å². The highest BCUT2D eigenvalue weighted by Crippen LogP contribution is 2.20. The van der Waals surface area contributed by atoms with Gasteiger partial charge < -0.3 is 19.5 Å². The summed E-state index contributed by atoms with van der Waals surface area (Å²) >= 11 is 0. The SMILES string of the molecule is COc1cc(CCC(=O)N[C@@H]2COCC[C@H]2OC)ccc1C. The van der Waals surface area contributed by atoms with Gasteiger partial charge in [0, 0.05) is 20.1 Å². The lowest BCUT2D eigenvalue weighted by Crippen LogP contribution is -2.50. The quantitative estimate of drug-likeness (QED) is 0.871. The molecule has 0 spiro atoms. The molecule has 0 bridgehead atoms. The number of aryl methyl sites for hydroxylation is 2. The van der Waals surface area contributed by atoms with Crippen LogP contribution in [0.15, 0.2) is 18.2 Å². The van der Waals surface area contributed by atoms with Crippen LogP contribution < -0.4 is 10.1 Å². The first-order chi connectivity index (χ1) is 10.6. The van der Waals surface area contributed by atoms with Crippen LogP contribution in [0.4, 0.5) is 0 Å². The normalized spacial score (nSPS) is 21.4. The van der Waals surface area contributed by atoms with Crippen LogP contribution in [0.2, 0.25) is 0 Å². The minimum atomic E-state index is -0.0567. The number of benzene rings is 1. The summed E-state index contributed by atoms with van der Waals surface area (Å²) in [5.41, 5.74) is 2.19. The van der Waals surface area contributed by atoms with E-state index in [4.69, 9.17) is 14.2 Å². The zero-order valence-corrected chi connectivity index (χ0v) is 13.6. The van der Waals surface area contributed by atoms with E-state index in [0.29, 0.717) is 26.1 Å². The number of rotatable bonds is 6. The fourth-order valence-corrected chi connectivity index (χ4v) is 2.69. The largest absolute Gasteiger partial charge is 0.496 e. The van der Waals surface area contributed by atoms with Crippen molar-refractivity contribution < 1.29 is 19.0 Å². The zero-order valence-electron chi connectivity index (χ0n) is 13.6. The van der Waals surface area contributed by atoms with Crippen molar-refractivity contribution in [3.8, 4) is 5.75 Å². The van der Waals surface area contributed by atoms with Crippen molar-refractivity contribution in [1.29, 1.82) is 0 Å². The Balaban J connectivity index is 1.84. The third-order valence-corrected chi connectivity index (χ3v) is 4.06. The Morgan fingerprint density at radius 1 is 1.41 bits per heavy atom. The highest BCUT2D eigenvalue weighted by atomic mass is 16.5. The lowest BCUT2D eigenvalue weighted by molar-refractivity contribution is -0.125. The summed E-state index contributed by atoms with van der Waals surface area (Å²) in [5.74, 6) is 0.884. The van der Waals surface area contributed by atoms with E-state index < -0.39 is 0 Å². The van der Waals surface area contributed by atoms with Gasteiger partial charge >= 0.3 is 0 Å². The highest BCUT2D eigenvalue weighted by Gasteiger charge is 2.26. The first kappa shape index (κ1) is 16.8. The molecule has 2 atom stereocenters. The second-order valence-corrected chi connectivity index (χ2v) is 5.62. The predicted octanol–water partition coefficient (Wildman–Crippen LogP) is 1.86. The topological polar surface area (TPSA) is 56.8 Å². The molecule has 22 heavy (non-hydrogen) atoms. The van der Waals surface area contributed by atoms with Crippen LogP contribution in [0, 0.1) is 6.92 Å². The minimum absolute atomic E-state index is 0.0251. The Bertz CT molecular complexity index is 503. The summed E-state index contributed by atoms with van der Waals surface area (Å²) in [6, 6.07) is 5.98. The summed E-state index contributed by atoms with van der Waals surface area (Å²) in [4.78, 5) is 12.1. The van der Waals surface area contributed by atoms with Crippen molar-refractivity contribution >= 4 is 5.91 Å². The van der Waals surface area contributed by atoms with E-state index in [1.165, 1.54) is 0 Å². The predicted molar refractivity (Wildman–Crippen MR) is 84.2 cm³/mol. The molecule has 1 aliphatic heterocycles. The Morgan fingerprint density at radius 2 is 2.23 bits per heavy atom. The van der Waals surface area contributed by atoms with Gasteiger partial charge in [-0.1, -0.05) is 12.1 Å². The van der Waals surface area contributed by atoms with Gasteiger partial charge in [0.25, 0.3) is 0 Å². The van der Waals surface area contributed by atoms with Gasteiger partial charge in [-0.2, -0.15) is 0 Å². The molecule has 1 saturated heterocycles. The molecule has 0 saturated carbocycles. The summed E-state index contributed by atoms with van der Waals surface area (Å²) in [6.07, 6.45) is 1.99. The maximum Gasteiger partial charge on any atom is 0.220 e. The molecule has 1 aromatic carbocycles. The number of hydrogen-bond acceptors (Lipinski definition) is 4. The Kier molecular flexibility index (Phi) is 6.21. The molecule has 1 heterocycles. The number of methoxy groups -OCH3 is 2. The van der Waals surface area contributed by atoms with Gasteiger partial charge in [0.1, 0.15) is 5.75 Å². The summed E-state index contributed by atoms with van der Waals surface area (Å²) in [5, 5.41) is 3.01. The second-order valence-electron chi connectivity index (χ2n) is 5.62. The molecule has 0 aromatic heterocycles. The fraction of sp³-hybridized carbons (Fsp3) is 0.588. The summed E-state index contributed by atoms with van der Waals surface area (Å²) < 4.78 is 16.1. The van der Waals surface area contributed by atoms with Crippen molar-refractivity contribution in [1.82, 2.24) is 5.32 Å². The molecule has 1 fully saturated rings. The average molecular weight is 307 g/mol. The van der Waals surface area contributed by atoms with Crippen molar-refractivity contribution in [2.45, 2.75) is 38.3 Å². The van der Waals surface area contributed by atoms with E-state index in [1.807, 2.05) is 25.1 Å². The van der Waals surface area contributed by atoms with Crippen molar-refractivity contribution in [2.24, 2.45) is 0 Å². The molecule has 0 unspecified atom stereocenters. The van der Waals surface area contributed by atoms with E-state index in [2.05, 4.69) is 5.32 Å². The average Bonchev–Trinajstić information content (AvgIpc) is 2.54.